The summed E-state index contributed by atoms with van der Waals surface area (Å²) < 4.78 is 5.23. The Labute approximate surface area is 148 Å². The quantitative estimate of drug-likeness (QED) is 0.456. The Morgan fingerprint density at radius 1 is 1.12 bits per heavy atom. The first-order valence-corrected chi connectivity index (χ1v) is 8.63. The Kier molecular flexibility index (Phi) is 4.71. The molecule has 0 bridgehead atoms. The number of carbonyl (C=O) groups excluding carboxylic acids is 2. The van der Waals surface area contributed by atoms with Gasteiger partial charge in [0.1, 0.15) is 12.0 Å². The third-order valence-electron chi connectivity index (χ3n) is 4.02. The summed E-state index contributed by atoms with van der Waals surface area (Å²) in [6.45, 7) is 5.37. The molecule has 0 radical (unpaired) electrons. The van der Waals surface area contributed by atoms with Crippen LogP contribution in [0, 0.1) is 0 Å². The number of hydrogen-bond acceptors (Lipinski definition) is 4. The number of ketones is 1. The maximum atomic E-state index is 12.4. The Morgan fingerprint density at radius 2 is 1.84 bits per heavy atom. The van der Waals surface area contributed by atoms with Crippen LogP contribution in [0.1, 0.15) is 62.0 Å². The van der Waals surface area contributed by atoms with Gasteiger partial charge in [0.05, 0.1) is 0 Å². The number of pyridine rings is 1. The number of esters is 1. The monoisotopic (exact) mass is 337 g/mol. The summed E-state index contributed by atoms with van der Waals surface area (Å²) in [7, 11) is 0. The molecule has 1 saturated carbocycles. The van der Waals surface area contributed by atoms with E-state index in [0.717, 1.165) is 16.8 Å². The van der Waals surface area contributed by atoms with Gasteiger partial charge in [-0.2, -0.15) is 0 Å². The van der Waals surface area contributed by atoms with Gasteiger partial charge in [0.15, 0.2) is 5.78 Å². The molecule has 130 valence electrons. The SMILES string of the molecule is CC(C)(C)OC(=O)CC(=O)c1cccc(-c2ccnc(C3CC3)c2)c1. The minimum Gasteiger partial charge on any atom is -0.460 e. The number of benzene rings is 1. The fraction of sp³-hybridized carbons (Fsp3) is 0.381. The van der Waals surface area contributed by atoms with Crippen LogP contribution < -0.4 is 0 Å². The number of Topliss-reactive ketones (excluding diaryl/α,β-unsaturated/α-hetero) is 1. The summed E-state index contributed by atoms with van der Waals surface area (Å²) in [6.07, 6.45) is 3.97. The van der Waals surface area contributed by atoms with E-state index >= 15 is 0 Å². The number of hydrogen-bond donors (Lipinski definition) is 0. The summed E-state index contributed by atoms with van der Waals surface area (Å²) in [5.41, 5.74) is 3.05. The molecule has 0 spiro atoms. The summed E-state index contributed by atoms with van der Waals surface area (Å²) in [5.74, 6) is -0.146. The highest BCUT2D eigenvalue weighted by Gasteiger charge is 2.25. The van der Waals surface area contributed by atoms with Crippen LogP contribution in [0.25, 0.3) is 11.1 Å². The molecule has 1 aliphatic rings. The third kappa shape index (κ3) is 4.75. The van der Waals surface area contributed by atoms with Crippen molar-refractivity contribution in [3.05, 3.63) is 53.9 Å². The average molecular weight is 337 g/mol. The molecule has 0 amide bonds. The highest BCUT2D eigenvalue weighted by Crippen LogP contribution is 2.39. The zero-order chi connectivity index (χ0) is 18.0. The zero-order valence-electron chi connectivity index (χ0n) is 14.9. The number of nitrogens with zero attached hydrogens (tertiary/aromatic N) is 1. The van der Waals surface area contributed by atoms with E-state index in [1.807, 2.05) is 30.5 Å². The lowest BCUT2D eigenvalue weighted by Gasteiger charge is -2.19. The molecular formula is C21H23NO3. The van der Waals surface area contributed by atoms with E-state index in [9.17, 15) is 9.59 Å². The van der Waals surface area contributed by atoms with Crippen molar-refractivity contribution in [2.45, 2.75) is 51.6 Å². The van der Waals surface area contributed by atoms with Crippen LogP contribution >= 0.6 is 0 Å². The van der Waals surface area contributed by atoms with Crippen LogP contribution in [0.5, 0.6) is 0 Å². The summed E-state index contributed by atoms with van der Waals surface area (Å²) >= 11 is 0. The van der Waals surface area contributed by atoms with Gasteiger partial charge in [-0.1, -0.05) is 18.2 Å². The van der Waals surface area contributed by atoms with E-state index in [4.69, 9.17) is 4.74 Å². The Bertz CT molecular complexity index is 801. The molecule has 1 aliphatic carbocycles. The van der Waals surface area contributed by atoms with Crippen molar-refractivity contribution < 1.29 is 14.3 Å². The molecule has 0 N–H and O–H groups in total. The molecule has 2 aromatic rings. The van der Waals surface area contributed by atoms with Crippen LogP contribution in [0.3, 0.4) is 0 Å². The molecule has 0 saturated heterocycles. The van der Waals surface area contributed by atoms with Gasteiger partial charge < -0.3 is 4.74 Å². The first-order valence-electron chi connectivity index (χ1n) is 8.63. The molecular weight excluding hydrogens is 314 g/mol. The second kappa shape index (κ2) is 6.79. The molecule has 1 heterocycles. The number of rotatable bonds is 5. The standard InChI is InChI=1S/C21H23NO3/c1-21(2,3)25-20(24)13-19(23)17-6-4-5-15(11-17)16-9-10-22-18(12-16)14-7-8-14/h4-6,9-12,14H,7-8,13H2,1-3H3. The van der Waals surface area contributed by atoms with Gasteiger partial charge in [-0.15, -0.1) is 0 Å². The second-order valence-corrected chi connectivity index (χ2v) is 7.51. The van der Waals surface area contributed by atoms with Gasteiger partial charge in [0.25, 0.3) is 0 Å². The topological polar surface area (TPSA) is 56.3 Å². The normalized spacial score (nSPS) is 14.2. The Morgan fingerprint density at radius 3 is 2.52 bits per heavy atom. The smallest absolute Gasteiger partial charge is 0.314 e. The van der Waals surface area contributed by atoms with E-state index in [-0.39, 0.29) is 12.2 Å². The van der Waals surface area contributed by atoms with Crippen molar-refractivity contribution in [1.29, 1.82) is 0 Å². The maximum Gasteiger partial charge on any atom is 0.314 e. The number of carbonyl (C=O) groups is 2. The predicted molar refractivity (Wildman–Crippen MR) is 96.4 cm³/mol. The molecule has 0 unspecified atom stereocenters. The Hall–Kier alpha value is -2.49. The number of ether oxygens (including phenoxy) is 1. The highest BCUT2D eigenvalue weighted by atomic mass is 16.6. The first-order chi connectivity index (χ1) is 11.8. The van der Waals surface area contributed by atoms with Crippen LogP contribution in [-0.2, 0) is 9.53 Å². The van der Waals surface area contributed by atoms with Gasteiger partial charge in [0.2, 0.25) is 0 Å². The van der Waals surface area contributed by atoms with E-state index < -0.39 is 11.6 Å². The third-order valence-corrected chi connectivity index (χ3v) is 4.02. The van der Waals surface area contributed by atoms with Crippen molar-refractivity contribution in [2.75, 3.05) is 0 Å². The molecule has 1 aromatic carbocycles. The van der Waals surface area contributed by atoms with Crippen molar-refractivity contribution in [1.82, 2.24) is 4.98 Å². The van der Waals surface area contributed by atoms with Crippen molar-refractivity contribution in [3.63, 3.8) is 0 Å². The maximum absolute atomic E-state index is 12.4. The highest BCUT2D eigenvalue weighted by molar-refractivity contribution is 6.06. The minimum absolute atomic E-state index is 0.229. The van der Waals surface area contributed by atoms with E-state index in [1.165, 1.54) is 12.8 Å². The summed E-state index contributed by atoms with van der Waals surface area (Å²) in [4.78, 5) is 28.7. The molecule has 4 nitrogen and oxygen atoms in total. The van der Waals surface area contributed by atoms with Crippen LogP contribution in [0.15, 0.2) is 42.6 Å². The lowest BCUT2D eigenvalue weighted by atomic mass is 10.00. The lowest BCUT2D eigenvalue weighted by molar-refractivity contribution is -0.153. The summed E-state index contributed by atoms with van der Waals surface area (Å²) in [6, 6.07) is 11.4. The zero-order valence-corrected chi connectivity index (χ0v) is 14.9. The van der Waals surface area contributed by atoms with Gasteiger partial charge >= 0.3 is 5.97 Å². The van der Waals surface area contributed by atoms with Crippen molar-refractivity contribution in [2.24, 2.45) is 0 Å². The lowest BCUT2D eigenvalue weighted by Crippen LogP contribution is -2.25. The molecule has 0 atom stereocenters. The van der Waals surface area contributed by atoms with Gasteiger partial charge in [-0.05, 0) is 62.9 Å². The van der Waals surface area contributed by atoms with Gasteiger partial charge in [0, 0.05) is 23.4 Å². The Balaban J connectivity index is 1.76. The first kappa shape index (κ1) is 17.3. The molecule has 4 heteroatoms. The van der Waals surface area contributed by atoms with Crippen LogP contribution in [-0.4, -0.2) is 22.3 Å². The molecule has 1 fully saturated rings. The fourth-order valence-electron chi connectivity index (χ4n) is 2.71. The van der Waals surface area contributed by atoms with Gasteiger partial charge in [-0.3, -0.25) is 14.6 Å². The molecule has 3 rings (SSSR count). The summed E-state index contributed by atoms with van der Waals surface area (Å²) in [5, 5.41) is 0. The molecule has 1 aromatic heterocycles. The second-order valence-electron chi connectivity index (χ2n) is 7.51. The molecule has 0 aliphatic heterocycles. The van der Waals surface area contributed by atoms with E-state index in [2.05, 4.69) is 11.1 Å². The van der Waals surface area contributed by atoms with Crippen LogP contribution in [0.4, 0.5) is 0 Å². The average Bonchev–Trinajstić information content (AvgIpc) is 3.38. The van der Waals surface area contributed by atoms with E-state index in [1.54, 1.807) is 26.8 Å². The van der Waals surface area contributed by atoms with Crippen molar-refractivity contribution in [3.8, 4) is 11.1 Å². The van der Waals surface area contributed by atoms with Gasteiger partial charge in [-0.25, -0.2) is 0 Å². The fourth-order valence-corrected chi connectivity index (χ4v) is 2.71. The largest absolute Gasteiger partial charge is 0.460 e. The minimum atomic E-state index is -0.588. The van der Waals surface area contributed by atoms with Crippen molar-refractivity contribution >= 4 is 11.8 Å². The molecule has 25 heavy (non-hydrogen) atoms. The number of aromatic nitrogens is 1. The van der Waals surface area contributed by atoms with E-state index in [0.29, 0.717) is 11.5 Å². The van der Waals surface area contributed by atoms with Crippen LogP contribution in [0.2, 0.25) is 0 Å². The predicted octanol–water partition coefficient (Wildman–Crippen LogP) is 4.54.